The number of aromatic nitrogens is 4. The van der Waals surface area contributed by atoms with E-state index in [0.29, 0.717) is 23.7 Å². The lowest BCUT2D eigenvalue weighted by atomic mass is 10.3. The van der Waals surface area contributed by atoms with Crippen LogP contribution in [0.4, 0.5) is 0 Å². The normalized spacial score (nSPS) is 18.1. The second-order valence-corrected chi connectivity index (χ2v) is 4.53. The summed E-state index contributed by atoms with van der Waals surface area (Å²) in [6.07, 6.45) is 0.913. The second-order valence-electron chi connectivity index (χ2n) is 4.53. The molecule has 0 unspecified atom stereocenters. The van der Waals surface area contributed by atoms with Gasteiger partial charge in [0.05, 0.1) is 6.54 Å². The predicted octanol–water partition coefficient (Wildman–Crippen LogP) is -0.395. The van der Waals surface area contributed by atoms with Crippen molar-refractivity contribution in [3.63, 3.8) is 0 Å². The van der Waals surface area contributed by atoms with Crippen LogP contribution >= 0.6 is 0 Å². The van der Waals surface area contributed by atoms with Crippen molar-refractivity contribution in [2.24, 2.45) is 14.1 Å². The van der Waals surface area contributed by atoms with Gasteiger partial charge in [0, 0.05) is 14.1 Å². The summed E-state index contributed by atoms with van der Waals surface area (Å²) >= 11 is 0. The summed E-state index contributed by atoms with van der Waals surface area (Å²) in [6, 6.07) is 0.426. The van der Waals surface area contributed by atoms with E-state index in [-0.39, 0.29) is 17.4 Å². The number of rotatable bonds is 1. The summed E-state index contributed by atoms with van der Waals surface area (Å²) in [7, 11) is 3.07. The Labute approximate surface area is 102 Å². The van der Waals surface area contributed by atoms with E-state index in [1.165, 1.54) is 11.6 Å². The SMILES string of the molecule is CC[C@@H]1Cn2c(nc3c2c(=O)n(C)c(=O)n3C)O1. The van der Waals surface area contributed by atoms with Crippen LogP contribution < -0.4 is 16.0 Å². The molecule has 18 heavy (non-hydrogen) atoms. The molecule has 3 heterocycles. The maximum atomic E-state index is 12.2. The molecule has 1 aliphatic heterocycles. The summed E-state index contributed by atoms with van der Waals surface area (Å²) in [6.45, 7) is 2.63. The van der Waals surface area contributed by atoms with Crippen molar-refractivity contribution in [1.29, 1.82) is 0 Å². The molecule has 0 fully saturated rings. The first-order chi connectivity index (χ1) is 8.54. The molecule has 0 radical (unpaired) electrons. The van der Waals surface area contributed by atoms with E-state index in [1.807, 2.05) is 6.92 Å². The third-order valence-corrected chi connectivity index (χ3v) is 3.43. The zero-order valence-corrected chi connectivity index (χ0v) is 10.5. The Balaban J connectivity index is 2.40. The summed E-state index contributed by atoms with van der Waals surface area (Å²) in [5.41, 5.74) is 0.113. The van der Waals surface area contributed by atoms with Crippen LogP contribution in [0.1, 0.15) is 13.3 Å². The van der Waals surface area contributed by atoms with Crippen LogP contribution in [0.15, 0.2) is 9.59 Å². The van der Waals surface area contributed by atoms with Gasteiger partial charge in [0.1, 0.15) is 6.10 Å². The lowest BCUT2D eigenvalue weighted by Gasteiger charge is -2.06. The Hall–Kier alpha value is -2.05. The van der Waals surface area contributed by atoms with Crippen molar-refractivity contribution in [3.05, 3.63) is 20.8 Å². The monoisotopic (exact) mass is 250 g/mol. The maximum Gasteiger partial charge on any atom is 0.332 e. The van der Waals surface area contributed by atoms with E-state index in [1.54, 1.807) is 11.6 Å². The third-order valence-electron chi connectivity index (χ3n) is 3.43. The number of nitrogens with zero attached hydrogens (tertiary/aromatic N) is 4. The van der Waals surface area contributed by atoms with Crippen LogP contribution in [0.25, 0.3) is 11.2 Å². The zero-order valence-electron chi connectivity index (χ0n) is 10.5. The van der Waals surface area contributed by atoms with Crippen molar-refractivity contribution >= 4 is 11.2 Å². The smallest absolute Gasteiger partial charge is 0.332 e. The van der Waals surface area contributed by atoms with E-state index in [2.05, 4.69) is 4.98 Å². The molecule has 0 bridgehead atoms. The summed E-state index contributed by atoms with van der Waals surface area (Å²) in [5, 5.41) is 0. The van der Waals surface area contributed by atoms with Crippen LogP contribution in [0.3, 0.4) is 0 Å². The molecule has 0 saturated heterocycles. The highest BCUT2D eigenvalue weighted by Crippen LogP contribution is 2.26. The molecule has 3 rings (SSSR count). The van der Waals surface area contributed by atoms with Gasteiger partial charge in [-0.2, -0.15) is 4.98 Å². The first-order valence-electron chi connectivity index (χ1n) is 5.87. The van der Waals surface area contributed by atoms with Gasteiger partial charge in [0.25, 0.3) is 11.6 Å². The Morgan fingerprint density at radius 2 is 2.06 bits per heavy atom. The molecule has 0 saturated carbocycles. The van der Waals surface area contributed by atoms with Gasteiger partial charge < -0.3 is 4.74 Å². The molecule has 0 spiro atoms. The van der Waals surface area contributed by atoms with E-state index >= 15 is 0 Å². The van der Waals surface area contributed by atoms with Gasteiger partial charge in [0.2, 0.25) is 0 Å². The molecule has 0 amide bonds. The van der Waals surface area contributed by atoms with Crippen LogP contribution in [-0.2, 0) is 20.6 Å². The van der Waals surface area contributed by atoms with E-state index in [0.717, 1.165) is 11.0 Å². The van der Waals surface area contributed by atoms with Crippen molar-refractivity contribution in [3.8, 4) is 6.01 Å². The molecule has 7 heteroatoms. The lowest BCUT2D eigenvalue weighted by Crippen LogP contribution is -2.37. The molecular weight excluding hydrogens is 236 g/mol. The number of hydrogen-bond donors (Lipinski definition) is 0. The molecular formula is C11H14N4O3. The lowest BCUT2D eigenvalue weighted by molar-refractivity contribution is 0.220. The van der Waals surface area contributed by atoms with Crippen LogP contribution in [0, 0.1) is 0 Å². The largest absolute Gasteiger partial charge is 0.459 e. The zero-order chi connectivity index (χ0) is 13.0. The highest BCUT2D eigenvalue weighted by molar-refractivity contribution is 5.72. The van der Waals surface area contributed by atoms with E-state index in [4.69, 9.17) is 4.74 Å². The third kappa shape index (κ3) is 1.21. The minimum absolute atomic E-state index is 0.0545. The maximum absolute atomic E-state index is 12.2. The predicted molar refractivity (Wildman–Crippen MR) is 64.9 cm³/mol. The van der Waals surface area contributed by atoms with Crippen molar-refractivity contribution in [1.82, 2.24) is 18.7 Å². The summed E-state index contributed by atoms with van der Waals surface area (Å²) in [4.78, 5) is 28.2. The number of fused-ring (bicyclic) bond motifs is 3. The van der Waals surface area contributed by atoms with Crippen molar-refractivity contribution < 1.29 is 4.74 Å². The molecule has 1 aliphatic rings. The fraction of sp³-hybridized carbons (Fsp3) is 0.545. The van der Waals surface area contributed by atoms with E-state index < -0.39 is 0 Å². The average molecular weight is 250 g/mol. The number of aryl methyl sites for hydroxylation is 1. The number of imidazole rings is 1. The van der Waals surface area contributed by atoms with Gasteiger partial charge in [-0.25, -0.2) is 4.79 Å². The fourth-order valence-electron chi connectivity index (χ4n) is 2.29. The quantitative estimate of drug-likeness (QED) is 0.690. The first kappa shape index (κ1) is 11.1. The van der Waals surface area contributed by atoms with Gasteiger partial charge in [-0.1, -0.05) is 6.92 Å². The number of hydrogen-bond acceptors (Lipinski definition) is 4. The van der Waals surface area contributed by atoms with Crippen LogP contribution in [0.5, 0.6) is 6.01 Å². The summed E-state index contributed by atoms with van der Waals surface area (Å²) in [5.74, 6) is 0. The molecule has 7 nitrogen and oxygen atoms in total. The molecule has 2 aromatic heterocycles. The molecule has 0 aliphatic carbocycles. The summed E-state index contributed by atoms with van der Waals surface area (Å²) < 4.78 is 9.84. The van der Waals surface area contributed by atoms with Crippen LogP contribution in [-0.4, -0.2) is 24.8 Å². The Kier molecular flexibility index (Phi) is 2.13. The van der Waals surface area contributed by atoms with Crippen LogP contribution in [0.2, 0.25) is 0 Å². The molecule has 2 aromatic rings. The topological polar surface area (TPSA) is 71.0 Å². The second kappa shape index (κ2) is 3.47. The number of ether oxygens (including phenoxy) is 1. The van der Waals surface area contributed by atoms with Gasteiger partial charge in [-0.3, -0.25) is 18.5 Å². The minimum Gasteiger partial charge on any atom is -0.459 e. The van der Waals surface area contributed by atoms with Gasteiger partial charge >= 0.3 is 5.69 Å². The van der Waals surface area contributed by atoms with Gasteiger partial charge in [0.15, 0.2) is 11.2 Å². The molecule has 0 N–H and O–H groups in total. The first-order valence-corrected chi connectivity index (χ1v) is 5.87. The Morgan fingerprint density at radius 1 is 1.33 bits per heavy atom. The fourth-order valence-corrected chi connectivity index (χ4v) is 2.29. The highest BCUT2D eigenvalue weighted by Gasteiger charge is 2.28. The Bertz CT molecular complexity index is 752. The molecule has 0 aromatic carbocycles. The molecule has 1 atom stereocenters. The van der Waals surface area contributed by atoms with Gasteiger partial charge in [-0.15, -0.1) is 0 Å². The Morgan fingerprint density at radius 3 is 2.72 bits per heavy atom. The van der Waals surface area contributed by atoms with Gasteiger partial charge in [-0.05, 0) is 6.42 Å². The van der Waals surface area contributed by atoms with E-state index in [9.17, 15) is 9.59 Å². The minimum atomic E-state index is -0.378. The molecule has 96 valence electrons. The highest BCUT2D eigenvalue weighted by atomic mass is 16.5. The average Bonchev–Trinajstić information content (AvgIpc) is 2.90. The standard InChI is InChI=1S/C11H14N4O3/c1-4-6-5-15-7-8(12-10(15)18-6)13(2)11(17)14(3)9(7)16/h6H,4-5H2,1-3H3/t6-/m1/s1. The van der Waals surface area contributed by atoms with Crippen molar-refractivity contribution in [2.75, 3.05) is 0 Å². The van der Waals surface area contributed by atoms with Crippen molar-refractivity contribution in [2.45, 2.75) is 26.0 Å².